The minimum Gasteiger partial charge on any atom is -0.254 e. The third-order valence-corrected chi connectivity index (χ3v) is 4.84. The highest BCUT2D eigenvalue weighted by molar-refractivity contribution is 7.84. The lowest BCUT2D eigenvalue weighted by atomic mass is 9.87. The number of hydrogen-bond donors (Lipinski definition) is 0. The molecular weight excluding hydrogens is 288 g/mol. The SMILES string of the molecule is CC(C)(C)c1ccc(CS(=O)c2ccc(Cl)cc2)cc1. The van der Waals surface area contributed by atoms with Gasteiger partial charge in [-0.05, 0) is 40.8 Å². The van der Waals surface area contributed by atoms with Gasteiger partial charge in [0.2, 0.25) is 0 Å². The molecule has 0 bridgehead atoms. The van der Waals surface area contributed by atoms with Gasteiger partial charge in [-0.1, -0.05) is 56.6 Å². The standard InChI is InChI=1S/C17H19ClOS/c1-17(2,3)14-6-4-13(5-7-14)12-20(19)16-10-8-15(18)9-11-16/h4-11H,12H2,1-3H3. The summed E-state index contributed by atoms with van der Waals surface area (Å²) in [6, 6.07) is 15.6. The first-order chi connectivity index (χ1) is 9.36. The maximum absolute atomic E-state index is 12.3. The summed E-state index contributed by atoms with van der Waals surface area (Å²) in [5, 5.41) is 0.667. The topological polar surface area (TPSA) is 17.1 Å². The second-order valence-corrected chi connectivity index (χ2v) is 7.78. The molecule has 2 rings (SSSR count). The van der Waals surface area contributed by atoms with E-state index in [-0.39, 0.29) is 5.41 Å². The van der Waals surface area contributed by atoms with Crippen LogP contribution in [0.15, 0.2) is 53.4 Å². The van der Waals surface area contributed by atoms with Gasteiger partial charge in [0.15, 0.2) is 0 Å². The summed E-state index contributed by atoms with van der Waals surface area (Å²) in [7, 11) is -1.03. The molecule has 1 atom stereocenters. The van der Waals surface area contributed by atoms with Gasteiger partial charge in [-0.15, -0.1) is 0 Å². The summed E-state index contributed by atoms with van der Waals surface area (Å²) in [5.41, 5.74) is 2.53. The molecule has 0 N–H and O–H groups in total. The fourth-order valence-corrected chi connectivity index (χ4v) is 3.15. The second kappa shape index (κ2) is 6.11. The monoisotopic (exact) mass is 306 g/mol. The first-order valence-electron chi connectivity index (χ1n) is 6.59. The van der Waals surface area contributed by atoms with Crippen LogP contribution in [-0.4, -0.2) is 4.21 Å². The zero-order valence-electron chi connectivity index (χ0n) is 12.0. The molecule has 0 aliphatic carbocycles. The van der Waals surface area contributed by atoms with Crippen molar-refractivity contribution in [3.63, 3.8) is 0 Å². The molecule has 0 radical (unpaired) electrons. The zero-order valence-corrected chi connectivity index (χ0v) is 13.6. The largest absolute Gasteiger partial charge is 0.254 e. The molecule has 0 saturated carbocycles. The number of rotatable bonds is 3. The smallest absolute Gasteiger partial charge is 0.0574 e. The van der Waals surface area contributed by atoms with Gasteiger partial charge in [0.1, 0.15) is 0 Å². The van der Waals surface area contributed by atoms with Gasteiger partial charge in [0.25, 0.3) is 0 Å². The lowest BCUT2D eigenvalue weighted by molar-refractivity contribution is 0.590. The van der Waals surface area contributed by atoms with Crippen molar-refractivity contribution in [1.82, 2.24) is 0 Å². The van der Waals surface area contributed by atoms with E-state index in [0.29, 0.717) is 10.8 Å². The third-order valence-electron chi connectivity index (χ3n) is 3.19. The van der Waals surface area contributed by atoms with Crippen LogP contribution in [0.1, 0.15) is 31.9 Å². The van der Waals surface area contributed by atoms with Crippen molar-refractivity contribution in [3.05, 3.63) is 64.7 Å². The fraction of sp³-hybridized carbons (Fsp3) is 0.294. The predicted octanol–water partition coefficient (Wildman–Crippen LogP) is 4.95. The summed E-state index contributed by atoms with van der Waals surface area (Å²) < 4.78 is 12.3. The number of halogens is 1. The van der Waals surface area contributed by atoms with Crippen LogP contribution in [0.5, 0.6) is 0 Å². The first kappa shape index (κ1) is 15.3. The van der Waals surface area contributed by atoms with Crippen molar-refractivity contribution in [2.45, 2.75) is 36.8 Å². The van der Waals surface area contributed by atoms with Crippen molar-refractivity contribution >= 4 is 22.4 Å². The van der Waals surface area contributed by atoms with Gasteiger partial charge < -0.3 is 0 Å². The molecule has 0 saturated heterocycles. The molecule has 1 unspecified atom stereocenters. The van der Waals surface area contributed by atoms with Gasteiger partial charge in [-0.2, -0.15) is 0 Å². The summed E-state index contributed by atoms with van der Waals surface area (Å²) in [4.78, 5) is 0.814. The van der Waals surface area contributed by atoms with E-state index in [1.807, 2.05) is 12.1 Å². The van der Waals surface area contributed by atoms with E-state index in [1.54, 1.807) is 12.1 Å². The number of hydrogen-bond acceptors (Lipinski definition) is 1. The molecule has 2 aromatic rings. The Morgan fingerprint density at radius 3 is 2.00 bits per heavy atom. The average molecular weight is 307 g/mol. The Morgan fingerprint density at radius 2 is 1.50 bits per heavy atom. The van der Waals surface area contributed by atoms with Crippen LogP contribution in [0.3, 0.4) is 0 Å². The van der Waals surface area contributed by atoms with Crippen LogP contribution in [0.25, 0.3) is 0 Å². The lowest BCUT2D eigenvalue weighted by Crippen LogP contribution is -2.10. The Labute approximate surface area is 128 Å². The molecule has 1 nitrogen and oxygen atoms in total. The molecule has 0 aromatic heterocycles. The quantitative estimate of drug-likeness (QED) is 0.784. The van der Waals surface area contributed by atoms with E-state index < -0.39 is 10.8 Å². The van der Waals surface area contributed by atoms with Gasteiger partial charge in [0, 0.05) is 9.92 Å². The summed E-state index contributed by atoms with van der Waals surface area (Å²) in [6.07, 6.45) is 0. The molecule has 0 amide bonds. The molecular formula is C17H19ClOS. The normalized spacial score (nSPS) is 13.2. The summed E-state index contributed by atoms with van der Waals surface area (Å²) >= 11 is 5.84. The van der Waals surface area contributed by atoms with Crippen LogP contribution in [0.2, 0.25) is 5.02 Å². The zero-order chi connectivity index (χ0) is 14.8. The van der Waals surface area contributed by atoms with Crippen molar-refractivity contribution in [1.29, 1.82) is 0 Å². The van der Waals surface area contributed by atoms with E-state index in [1.165, 1.54) is 5.56 Å². The molecule has 0 aliphatic rings. The highest BCUT2D eigenvalue weighted by atomic mass is 35.5. The molecule has 0 aliphatic heterocycles. The van der Waals surface area contributed by atoms with Crippen LogP contribution in [-0.2, 0) is 22.0 Å². The van der Waals surface area contributed by atoms with Gasteiger partial charge in [0.05, 0.1) is 16.6 Å². The minimum atomic E-state index is -1.03. The van der Waals surface area contributed by atoms with Crippen LogP contribution in [0, 0.1) is 0 Å². The highest BCUT2D eigenvalue weighted by Gasteiger charge is 2.13. The molecule has 2 aromatic carbocycles. The molecule has 0 spiro atoms. The van der Waals surface area contributed by atoms with Crippen molar-refractivity contribution in [3.8, 4) is 0 Å². The van der Waals surface area contributed by atoms with E-state index in [0.717, 1.165) is 10.5 Å². The molecule has 0 heterocycles. The average Bonchev–Trinajstić information content (AvgIpc) is 2.39. The first-order valence-corrected chi connectivity index (χ1v) is 8.29. The van der Waals surface area contributed by atoms with E-state index in [2.05, 4.69) is 45.0 Å². The molecule has 3 heteroatoms. The van der Waals surface area contributed by atoms with Gasteiger partial charge >= 0.3 is 0 Å². The summed E-state index contributed by atoms with van der Waals surface area (Å²) in [6.45, 7) is 6.57. The summed E-state index contributed by atoms with van der Waals surface area (Å²) in [5.74, 6) is 0.534. The van der Waals surface area contributed by atoms with Crippen molar-refractivity contribution in [2.24, 2.45) is 0 Å². The van der Waals surface area contributed by atoms with Crippen molar-refractivity contribution < 1.29 is 4.21 Å². The maximum Gasteiger partial charge on any atom is 0.0574 e. The maximum atomic E-state index is 12.3. The third kappa shape index (κ3) is 3.94. The lowest BCUT2D eigenvalue weighted by Gasteiger charge is -2.19. The minimum absolute atomic E-state index is 0.147. The Kier molecular flexibility index (Phi) is 4.66. The van der Waals surface area contributed by atoms with E-state index >= 15 is 0 Å². The van der Waals surface area contributed by atoms with Gasteiger partial charge in [-0.3, -0.25) is 4.21 Å². The Balaban J connectivity index is 2.10. The van der Waals surface area contributed by atoms with Gasteiger partial charge in [-0.25, -0.2) is 0 Å². The van der Waals surface area contributed by atoms with Crippen LogP contribution >= 0.6 is 11.6 Å². The fourth-order valence-electron chi connectivity index (χ4n) is 1.92. The van der Waals surface area contributed by atoms with Crippen LogP contribution in [0.4, 0.5) is 0 Å². The second-order valence-electron chi connectivity index (χ2n) is 5.89. The molecule has 106 valence electrons. The van der Waals surface area contributed by atoms with Crippen LogP contribution < -0.4 is 0 Å². The van der Waals surface area contributed by atoms with Crippen molar-refractivity contribution in [2.75, 3.05) is 0 Å². The Hall–Kier alpha value is -1.12. The number of benzene rings is 2. The van der Waals surface area contributed by atoms with E-state index in [9.17, 15) is 4.21 Å². The Bertz CT molecular complexity index is 594. The molecule has 0 fully saturated rings. The molecule has 20 heavy (non-hydrogen) atoms. The predicted molar refractivity (Wildman–Crippen MR) is 86.7 cm³/mol. The highest BCUT2D eigenvalue weighted by Crippen LogP contribution is 2.23. The Morgan fingerprint density at radius 1 is 0.950 bits per heavy atom. The van der Waals surface area contributed by atoms with E-state index in [4.69, 9.17) is 11.6 Å².